The maximum atomic E-state index is 6.63. The quantitative estimate of drug-likeness (QED) is 0.581. The van der Waals surface area contributed by atoms with E-state index in [9.17, 15) is 0 Å². The van der Waals surface area contributed by atoms with Gasteiger partial charge in [0.2, 0.25) is 0 Å². The third-order valence-corrected chi connectivity index (χ3v) is 8.84. The summed E-state index contributed by atoms with van der Waals surface area (Å²) in [5.74, 6) is 1.55. The lowest BCUT2D eigenvalue weighted by Gasteiger charge is -2.38. The zero-order valence-electron chi connectivity index (χ0n) is 15.0. The van der Waals surface area contributed by atoms with Gasteiger partial charge in [0.1, 0.15) is 11.5 Å². The molecule has 0 N–H and O–H groups in total. The molecule has 0 saturated heterocycles. The normalized spacial score (nSPS) is 20.6. The first-order chi connectivity index (χ1) is 10.9. The van der Waals surface area contributed by atoms with Crippen molar-refractivity contribution in [3.05, 3.63) is 35.9 Å². The van der Waals surface area contributed by atoms with E-state index in [0.29, 0.717) is 17.7 Å². The third-order valence-electron chi connectivity index (χ3n) is 4.38. The van der Waals surface area contributed by atoms with Crippen molar-refractivity contribution >= 4 is 8.56 Å². The molecule has 4 nitrogen and oxygen atoms in total. The Labute approximate surface area is 140 Å². The van der Waals surface area contributed by atoms with Gasteiger partial charge < -0.3 is 18.3 Å². The summed E-state index contributed by atoms with van der Waals surface area (Å²) >= 11 is 0. The zero-order chi connectivity index (χ0) is 17.0. The molecule has 0 radical (unpaired) electrons. The first-order valence-corrected chi connectivity index (χ1v) is 10.1. The van der Waals surface area contributed by atoms with Crippen LogP contribution in [0.3, 0.4) is 0 Å². The SMILES string of the molecule is COc1ccc(C2C=CCO[Si](C(C)C)(C(C)C)O2)c(OC)c1. The van der Waals surface area contributed by atoms with Gasteiger partial charge in [-0.05, 0) is 23.2 Å². The summed E-state index contributed by atoms with van der Waals surface area (Å²) in [7, 11) is 0.983. The van der Waals surface area contributed by atoms with Gasteiger partial charge in [0.05, 0.1) is 26.9 Å². The predicted octanol–water partition coefficient (Wildman–Crippen LogP) is 4.61. The molecule has 5 heteroatoms. The van der Waals surface area contributed by atoms with Gasteiger partial charge in [-0.2, -0.15) is 0 Å². The van der Waals surface area contributed by atoms with Crippen LogP contribution in [0.2, 0.25) is 11.1 Å². The van der Waals surface area contributed by atoms with E-state index < -0.39 is 8.56 Å². The molecule has 2 rings (SSSR count). The van der Waals surface area contributed by atoms with Crippen LogP contribution in [0.25, 0.3) is 0 Å². The second-order valence-electron chi connectivity index (χ2n) is 6.42. The van der Waals surface area contributed by atoms with Gasteiger partial charge in [0.25, 0.3) is 0 Å². The van der Waals surface area contributed by atoms with Gasteiger partial charge in [0, 0.05) is 11.6 Å². The van der Waals surface area contributed by atoms with E-state index in [4.69, 9.17) is 18.3 Å². The molecule has 1 aliphatic heterocycles. The van der Waals surface area contributed by atoms with Crippen LogP contribution in [0.5, 0.6) is 11.5 Å². The van der Waals surface area contributed by atoms with Crippen molar-refractivity contribution in [1.29, 1.82) is 0 Å². The van der Waals surface area contributed by atoms with Gasteiger partial charge in [0.15, 0.2) is 0 Å². The molecular formula is C18H28O4Si. The van der Waals surface area contributed by atoms with Crippen molar-refractivity contribution in [2.24, 2.45) is 0 Å². The largest absolute Gasteiger partial charge is 0.497 e. The van der Waals surface area contributed by atoms with E-state index in [-0.39, 0.29) is 6.10 Å². The van der Waals surface area contributed by atoms with Gasteiger partial charge in [-0.25, -0.2) is 0 Å². The number of rotatable bonds is 5. The summed E-state index contributed by atoms with van der Waals surface area (Å²) in [6.07, 6.45) is 3.97. The Kier molecular flexibility index (Phi) is 5.89. The predicted molar refractivity (Wildman–Crippen MR) is 94.4 cm³/mol. The van der Waals surface area contributed by atoms with Crippen molar-refractivity contribution < 1.29 is 18.3 Å². The van der Waals surface area contributed by atoms with Crippen LogP contribution in [0.4, 0.5) is 0 Å². The molecule has 0 aliphatic carbocycles. The van der Waals surface area contributed by atoms with Crippen molar-refractivity contribution in [1.82, 2.24) is 0 Å². The number of hydrogen-bond donors (Lipinski definition) is 0. The summed E-state index contributed by atoms with van der Waals surface area (Å²) in [6, 6.07) is 5.85. The molecule has 0 aromatic heterocycles. The molecule has 0 saturated carbocycles. The molecule has 0 fully saturated rings. The van der Waals surface area contributed by atoms with E-state index in [2.05, 4.69) is 33.8 Å². The lowest BCUT2D eigenvalue weighted by atomic mass is 10.1. The number of methoxy groups -OCH3 is 2. The first-order valence-electron chi connectivity index (χ1n) is 8.15. The van der Waals surface area contributed by atoms with Gasteiger partial charge >= 0.3 is 8.56 Å². The Hall–Kier alpha value is -1.30. The highest BCUT2D eigenvalue weighted by Crippen LogP contribution is 2.42. The molecule has 0 bridgehead atoms. The first kappa shape index (κ1) is 18.0. The monoisotopic (exact) mass is 336 g/mol. The van der Waals surface area contributed by atoms with Crippen molar-refractivity contribution in [3.63, 3.8) is 0 Å². The van der Waals surface area contributed by atoms with E-state index >= 15 is 0 Å². The van der Waals surface area contributed by atoms with Crippen molar-refractivity contribution in [3.8, 4) is 11.5 Å². The Morgan fingerprint density at radius 3 is 2.35 bits per heavy atom. The highest BCUT2D eigenvalue weighted by Gasteiger charge is 2.47. The molecule has 1 aromatic carbocycles. The molecule has 1 aliphatic rings. The van der Waals surface area contributed by atoms with Crippen LogP contribution in [0, 0.1) is 0 Å². The van der Waals surface area contributed by atoms with E-state index in [1.54, 1.807) is 14.2 Å². The van der Waals surface area contributed by atoms with Crippen LogP contribution < -0.4 is 9.47 Å². The van der Waals surface area contributed by atoms with Gasteiger partial charge in [-0.1, -0.05) is 39.8 Å². The minimum atomic E-state index is -2.34. The van der Waals surface area contributed by atoms with E-state index in [1.807, 2.05) is 24.3 Å². The minimum absolute atomic E-state index is 0.158. The van der Waals surface area contributed by atoms with Gasteiger partial charge in [-0.3, -0.25) is 0 Å². The standard InChI is InChI=1S/C18H28O4Si/c1-13(2)23(14(3)4)21-11-7-8-17(22-23)16-10-9-15(19-5)12-18(16)20-6/h7-10,12-14,17H,11H2,1-6H3. The summed E-state index contributed by atoms with van der Waals surface area (Å²) in [6.45, 7) is 9.39. The Morgan fingerprint density at radius 2 is 1.78 bits per heavy atom. The second kappa shape index (κ2) is 7.51. The number of ether oxygens (including phenoxy) is 2. The summed E-state index contributed by atoms with van der Waals surface area (Å²) in [5.41, 5.74) is 1.75. The van der Waals surface area contributed by atoms with E-state index in [0.717, 1.165) is 17.1 Å². The Bertz CT molecular complexity index is 546. The number of hydrogen-bond acceptors (Lipinski definition) is 4. The fourth-order valence-corrected chi connectivity index (χ4v) is 6.69. The lowest BCUT2D eigenvalue weighted by Crippen LogP contribution is -2.48. The molecule has 0 spiro atoms. The smallest absolute Gasteiger partial charge is 0.344 e. The summed E-state index contributed by atoms with van der Waals surface area (Å²) in [4.78, 5) is 0. The van der Waals surface area contributed by atoms with E-state index in [1.165, 1.54) is 0 Å². The second-order valence-corrected chi connectivity index (χ2v) is 10.7. The Morgan fingerprint density at radius 1 is 1.09 bits per heavy atom. The van der Waals surface area contributed by atoms with Crippen LogP contribution in [0.15, 0.2) is 30.4 Å². The minimum Gasteiger partial charge on any atom is -0.497 e. The highest BCUT2D eigenvalue weighted by atomic mass is 28.4. The Balaban J connectivity index is 2.41. The molecule has 1 aromatic rings. The maximum Gasteiger partial charge on any atom is 0.344 e. The van der Waals surface area contributed by atoms with Crippen LogP contribution >= 0.6 is 0 Å². The summed E-state index contributed by atoms with van der Waals surface area (Å²) in [5, 5.41) is 0. The molecule has 1 heterocycles. The molecule has 128 valence electrons. The summed E-state index contributed by atoms with van der Waals surface area (Å²) < 4.78 is 23.7. The van der Waals surface area contributed by atoms with Crippen LogP contribution in [-0.2, 0) is 8.85 Å². The number of benzene rings is 1. The van der Waals surface area contributed by atoms with Crippen molar-refractivity contribution in [2.45, 2.75) is 44.9 Å². The fraction of sp³-hybridized carbons (Fsp3) is 0.556. The van der Waals surface area contributed by atoms with Gasteiger partial charge in [-0.15, -0.1) is 0 Å². The topological polar surface area (TPSA) is 36.9 Å². The zero-order valence-corrected chi connectivity index (χ0v) is 16.0. The van der Waals surface area contributed by atoms with Crippen molar-refractivity contribution in [2.75, 3.05) is 20.8 Å². The van der Waals surface area contributed by atoms with Crippen LogP contribution in [-0.4, -0.2) is 29.4 Å². The molecule has 0 amide bonds. The average molecular weight is 337 g/mol. The molecular weight excluding hydrogens is 308 g/mol. The molecule has 1 atom stereocenters. The molecule has 23 heavy (non-hydrogen) atoms. The highest BCUT2D eigenvalue weighted by molar-refractivity contribution is 6.70. The van der Waals surface area contributed by atoms with Crippen LogP contribution in [0.1, 0.15) is 39.4 Å². The lowest BCUT2D eigenvalue weighted by molar-refractivity contribution is 0.142. The molecule has 1 unspecified atom stereocenters. The fourth-order valence-electron chi connectivity index (χ4n) is 3.12. The third kappa shape index (κ3) is 3.62. The average Bonchev–Trinajstić information content (AvgIpc) is 2.78. The maximum absolute atomic E-state index is 6.63.